The quantitative estimate of drug-likeness (QED) is 0.911. The molecule has 0 fully saturated rings. The lowest BCUT2D eigenvalue weighted by Gasteiger charge is -2.16. The van der Waals surface area contributed by atoms with Crippen molar-refractivity contribution in [3.63, 3.8) is 0 Å². The maximum Gasteiger partial charge on any atom is 0.161 e. The Hall–Kier alpha value is -1.71. The molecule has 0 heterocycles. The van der Waals surface area contributed by atoms with Crippen LogP contribution in [0.5, 0.6) is 11.5 Å². The minimum atomic E-state index is -0.148. The van der Waals surface area contributed by atoms with Gasteiger partial charge in [0.1, 0.15) is 0 Å². The van der Waals surface area contributed by atoms with Crippen LogP contribution in [0.3, 0.4) is 0 Å². The van der Waals surface area contributed by atoms with Crippen molar-refractivity contribution in [2.24, 2.45) is 5.73 Å². The summed E-state index contributed by atoms with van der Waals surface area (Å²) in [4.78, 5) is 0. The summed E-state index contributed by atoms with van der Waals surface area (Å²) in [5.74, 6) is 1.38. The van der Waals surface area contributed by atoms with Crippen LogP contribution in [0.2, 0.25) is 5.02 Å². The number of benzene rings is 2. The lowest BCUT2D eigenvalue weighted by atomic mass is 9.98. The van der Waals surface area contributed by atoms with Gasteiger partial charge >= 0.3 is 0 Å². The fraction of sp³-hybridized carbons (Fsp3) is 0.294. The molecule has 0 saturated carbocycles. The molecule has 0 aromatic heterocycles. The smallest absolute Gasteiger partial charge is 0.161 e. The SMILES string of the molecule is COc1ccc(C(N)Cc2ccc(C)cc2Cl)cc1OC. The Kier molecular flexibility index (Phi) is 5.10. The Morgan fingerprint density at radius 2 is 1.76 bits per heavy atom. The molecule has 0 bridgehead atoms. The Bertz CT molecular complexity index is 628. The van der Waals surface area contributed by atoms with Gasteiger partial charge in [0.15, 0.2) is 11.5 Å². The lowest BCUT2D eigenvalue weighted by molar-refractivity contribution is 0.354. The van der Waals surface area contributed by atoms with Gasteiger partial charge in [-0.2, -0.15) is 0 Å². The van der Waals surface area contributed by atoms with Crippen LogP contribution in [0.1, 0.15) is 22.7 Å². The van der Waals surface area contributed by atoms with E-state index in [1.807, 2.05) is 43.3 Å². The second-order valence-corrected chi connectivity index (χ2v) is 5.43. The van der Waals surface area contributed by atoms with Crippen molar-refractivity contribution in [2.75, 3.05) is 14.2 Å². The molecule has 0 aliphatic heterocycles. The van der Waals surface area contributed by atoms with Crippen LogP contribution in [-0.2, 0) is 6.42 Å². The predicted octanol–water partition coefficient (Wildman–Crippen LogP) is 3.91. The van der Waals surface area contributed by atoms with E-state index in [9.17, 15) is 0 Å². The van der Waals surface area contributed by atoms with E-state index in [0.717, 1.165) is 21.7 Å². The predicted molar refractivity (Wildman–Crippen MR) is 86.4 cm³/mol. The Labute approximate surface area is 130 Å². The van der Waals surface area contributed by atoms with Crippen molar-refractivity contribution in [1.29, 1.82) is 0 Å². The molecular formula is C17H20ClNO2. The molecule has 2 aromatic carbocycles. The second kappa shape index (κ2) is 6.83. The lowest BCUT2D eigenvalue weighted by Crippen LogP contribution is -2.14. The third-order valence-electron chi connectivity index (χ3n) is 3.48. The third-order valence-corrected chi connectivity index (χ3v) is 3.84. The summed E-state index contributed by atoms with van der Waals surface area (Å²) in [5, 5.41) is 0.755. The summed E-state index contributed by atoms with van der Waals surface area (Å²) < 4.78 is 10.5. The van der Waals surface area contributed by atoms with Crippen molar-refractivity contribution in [3.8, 4) is 11.5 Å². The first-order valence-electron chi connectivity index (χ1n) is 6.77. The zero-order valence-electron chi connectivity index (χ0n) is 12.5. The van der Waals surface area contributed by atoms with E-state index in [1.165, 1.54) is 0 Å². The van der Waals surface area contributed by atoms with Crippen molar-refractivity contribution >= 4 is 11.6 Å². The summed E-state index contributed by atoms with van der Waals surface area (Å²) in [6, 6.07) is 11.6. The molecule has 21 heavy (non-hydrogen) atoms. The van der Waals surface area contributed by atoms with Crippen molar-refractivity contribution in [3.05, 3.63) is 58.1 Å². The van der Waals surface area contributed by atoms with Gasteiger partial charge in [0.2, 0.25) is 0 Å². The average Bonchev–Trinajstić information content (AvgIpc) is 2.49. The van der Waals surface area contributed by atoms with Crippen molar-refractivity contribution in [1.82, 2.24) is 0 Å². The number of nitrogens with two attached hydrogens (primary N) is 1. The molecule has 0 aliphatic rings. The van der Waals surface area contributed by atoms with Gasteiger partial charge in [0.05, 0.1) is 14.2 Å². The van der Waals surface area contributed by atoms with Crippen molar-refractivity contribution < 1.29 is 9.47 Å². The van der Waals surface area contributed by atoms with E-state index < -0.39 is 0 Å². The molecule has 0 radical (unpaired) electrons. The molecule has 0 aliphatic carbocycles. The maximum atomic E-state index is 6.29. The molecule has 4 heteroatoms. The Balaban J connectivity index is 2.21. The fourth-order valence-electron chi connectivity index (χ4n) is 2.26. The normalized spacial score (nSPS) is 12.0. The first-order valence-corrected chi connectivity index (χ1v) is 7.15. The summed E-state index contributed by atoms with van der Waals surface area (Å²) in [6.45, 7) is 2.02. The third kappa shape index (κ3) is 3.69. The standard InChI is InChI=1S/C17H20ClNO2/c1-11-4-5-12(14(18)8-11)9-15(19)13-6-7-16(20-2)17(10-13)21-3/h4-8,10,15H,9,19H2,1-3H3. The van der Waals surface area contributed by atoms with Gasteiger partial charge in [0, 0.05) is 11.1 Å². The van der Waals surface area contributed by atoms with Crippen LogP contribution in [0.4, 0.5) is 0 Å². The van der Waals surface area contributed by atoms with Gasteiger partial charge in [0.25, 0.3) is 0 Å². The largest absolute Gasteiger partial charge is 0.493 e. The highest BCUT2D eigenvalue weighted by Crippen LogP contribution is 2.31. The summed E-state index contributed by atoms with van der Waals surface area (Å²) in [6.07, 6.45) is 0.675. The molecule has 112 valence electrons. The van der Waals surface area contributed by atoms with Gasteiger partial charge < -0.3 is 15.2 Å². The molecule has 0 saturated heterocycles. The molecule has 0 spiro atoms. The average molecular weight is 306 g/mol. The number of ether oxygens (including phenoxy) is 2. The first kappa shape index (κ1) is 15.7. The first-order chi connectivity index (χ1) is 10.0. The summed E-state index contributed by atoms with van der Waals surface area (Å²) >= 11 is 6.27. The number of hydrogen-bond donors (Lipinski definition) is 1. The monoisotopic (exact) mass is 305 g/mol. The molecule has 2 aromatic rings. The number of methoxy groups -OCH3 is 2. The van der Waals surface area contributed by atoms with E-state index >= 15 is 0 Å². The number of halogens is 1. The van der Waals surface area contributed by atoms with E-state index in [2.05, 4.69) is 0 Å². The van der Waals surface area contributed by atoms with E-state index in [4.69, 9.17) is 26.8 Å². The number of hydrogen-bond acceptors (Lipinski definition) is 3. The highest BCUT2D eigenvalue weighted by atomic mass is 35.5. The van der Waals surface area contributed by atoms with Gasteiger partial charge in [-0.15, -0.1) is 0 Å². The van der Waals surface area contributed by atoms with Crippen LogP contribution in [-0.4, -0.2) is 14.2 Å². The number of aryl methyl sites for hydroxylation is 1. The zero-order valence-corrected chi connectivity index (χ0v) is 13.3. The van der Waals surface area contributed by atoms with Gasteiger partial charge in [-0.25, -0.2) is 0 Å². The van der Waals surface area contributed by atoms with Crippen molar-refractivity contribution in [2.45, 2.75) is 19.4 Å². The minimum Gasteiger partial charge on any atom is -0.493 e. The molecule has 0 amide bonds. The van der Waals surface area contributed by atoms with Gasteiger partial charge in [-0.1, -0.05) is 29.8 Å². The van der Waals surface area contributed by atoms with E-state index in [-0.39, 0.29) is 6.04 Å². The van der Waals surface area contributed by atoms with Crippen LogP contribution >= 0.6 is 11.6 Å². The maximum absolute atomic E-state index is 6.29. The number of rotatable bonds is 5. The summed E-state index contributed by atoms with van der Waals surface area (Å²) in [7, 11) is 3.23. The highest BCUT2D eigenvalue weighted by Gasteiger charge is 2.13. The van der Waals surface area contributed by atoms with Crippen LogP contribution in [0.25, 0.3) is 0 Å². The molecular weight excluding hydrogens is 286 g/mol. The molecule has 2 rings (SSSR count). The second-order valence-electron chi connectivity index (χ2n) is 5.02. The Morgan fingerprint density at radius 3 is 2.38 bits per heavy atom. The Morgan fingerprint density at radius 1 is 1.05 bits per heavy atom. The van der Waals surface area contributed by atoms with Gasteiger partial charge in [-0.05, 0) is 48.2 Å². The highest BCUT2D eigenvalue weighted by molar-refractivity contribution is 6.31. The molecule has 3 nitrogen and oxygen atoms in total. The fourth-order valence-corrected chi connectivity index (χ4v) is 2.57. The van der Waals surface area contributed by atoms with Crippen LogP contribution in [0.15, 0.2) is 36.4 Å². The zero-order chi connectivity index (χ0) is 15.4. The van der Waals surface area contributed by atoms with Crippen LogP contribution in [0, 0.1) is 6.92 Å². The summed E-state index contributed by atoms with van der Waals surface area (Å²) in [5.41, 5.74) is 9.47. The topological polar surface area (TPSA) is 44.5 Å². The molecule has 1 atom stereocenters. The van der Waals surface area contributed by atoms with E-state index in [0.29, 0.717) is 17.9 Å². The van der Waals surface area contributed by atoms with Crippen LogP contribution < -0.4 is 15.2 Å². The van der Waals surface area contributed by atoms with Gasteiger partial charge in [-0.3, -0.25) is 0 Å². The molecule has 1 unspecified atom stereocenters. The minimum absolute atomic E-state index is 0.148. The van der Waals surface area contributed by atoms with E-state index in [1.54, 1.807) is 14.2 Å². The molecule has 2 N–H and O–H groups in total.